The van der Waals surface area contributed by atoms with Gasteiger partial charge in [-0.1, -0.05) is 18.2 Å². The van der Waals surface area contributed by atoms with Crippen LogP contribution in [0.25, 0.3) is 0 Å². The van der Waals surface area contributed by atoms with Crippen molar-refractivity contribution in [3.63, 3.8) is 0 Å². The van der Waals surface area contributed by atoms with Crippen molar-refractivity contribution >= 4 is 39.8 Å². The Balaban J connectivity index is 1.65. The maximum absolute atomic E-state index is 12.4. The van der Waals surface area contributed by atoms with Crippen LogP contribution in [0, 0.1) is 0 Å². The fourth-order valence-corrected chi connectivity index (χ4v) is 4.39. The zero-order chi connectivity index (χ0) is 18.7. The third-order valence-corrected chi connectivity index (χ3v) is 5.85. The van der Waals surface area contributed by atoms with Gasteiger partial charge in [-0.05, 0) is 36.2 Å². The van der Waals surface area contributed by atoms with E-state index in [1.165, 1.54) is 0 Å². The minimum atomic E-state index is -0.672. The summed E-state index contributed by atoms with van der Waals surface area (Å²) in [7, 11) is -0.672. The lowest BCUT2D eigenvalue weighted by Crippen LogP contribution is -2.48. The maximum Gasteiger partial charge on any atom is 0.247 e. The van der Waals surface area contributed by atoms with Gasteiger partial charge in [0.25, 0.3) is 0 Å². The number of hydrogen-bond acceptors (Lipinski definition) is 4. The number of fused-ring (bicyclic) bond motifs is 1. The van der Waals surface area contributed by atoms with E-state index in [1.54, 1.807) is 0 Å². The predicted molar refractivity (Wildman–Crippen MR) is 101 cm³/mol. The number of para-hydroxylation sites is 1. The molecular formula is C17H21N5O3S. The molecule has 3 N–H and O–H groups in total. The molecule has 9 heteroatoms. The average Bonchev–Trinajstić information content (AvgIpc) is 2.93. The number of carbonyl (C=O) groups excluding carboxylic acids is 3. The van der Waals surface area contributed by atoms with E-state index in [4.69, 9.17) is 0 Å². The third kappa shape index (κ3) is 4.16. The Kier molecular flexibility index (Phi) is 5.46. The summed E-state index contributed by atoms with van der Waals surface area (Å²) in [5.74, 6) is -0.390. The van der Waals surface area contributed by atoms with E-state index in [0.717, 1.165) is 17.0 Å². The van der Waals surface area contributed by atoms with Crippen LogP contribution in [-0.4, -0.2) is 40.6 Å². The molecule has 3 rings (SSSR count). The lowest BCUT2D eigenvalue weighted by Gasteiger charge is -2.25. The van der Waals surface area contributed by atoms with Crippen molar-refractivity contribution in [3.05, 3.63) is 29.8 Å². The Labute approximate surface area is 153 Å². The number of benzene rings is 1. The van der Waals surface area contributed by atoms with Crippen LogP contribution in [0.3, 0.4) is 0 Å². The third-order valence-electron chi connectivity index (χ3n) is 4.08. The topological polar surface area (TPSA) is 112 Å². The van der Waals surface area contributed by atoms with Crippen LogP contribution in [0.15, 0.2) is 33.8 Å². The number of rotatable bonds is 4. The molecule has 8 nitrogen and oxygen atoms in total. The minimum absolute atomic E-state index is 0.0118. The Morgan fingerprint density at radius 1 is 1.27 bits per heavy atom. The van der Waals surface area contributed by atoms with Crippen LogP contribution in [0.2, 0.25) is 0 Å². The van der Waals surface area contributed by atoms with Gasteiger partial charge in [0, 0.05) is 24.2 Å². The van der Waals surface area contributed by atoms with E-state index in [-0.39, 0.29) is 24.1 Å². The fraction of sp³-hybridized carbons (Fsp3) is 0.412. The Hall–Kier alpha value is -2.55. The molecule has 0 saturated carbocycles. The van der Waals surface area contributed by atoms with Crippen molar-refractivity contribution in [1.29, 1.82) is 0 Å². The second-order valence-electron chi connectivity index (χ2n) is 6.38. The summed E-state index contributed by atoms with van der Waals surface area (Å²) in [5.41, 5.74) is 2.53. The largest absolute Gasteiger partial charge is 0.345 e. The normalized spacial score (nSPS) is 24.5. The van der Waals surface area contributed by atoms with Gasteiger partial charge in [0.05, 0.1) is 5.88 Å². The summed E-state index contributed by atoms with van der Waals surface area (Å²) in [6.07, 6.45) is 0.419. The van der Waals surface area contributed by atoms with Crippen molar-refractivity contribution in [2.45, 2.75) is 38.0 Å². The van der Waals surface area contributed by atoms with Crippen LogP contribution in [0.4, 0.5) is 5.69 Å². The molecule has 1 aromatic rings. The van der Waals surface area contributed by atoms with Gasteiger partial charge in [0.15, 0.2) is 0 Å². The van der Waals surface area contributed by atoms with Crippen molar-refractivity contribution < 1.29 is 14.4 Å². The van der Waals surface area contributed by atoms with Crippen molar-refractivity contribution in [2.75, 3.05) is 11.2 Å². The molecule has 0 aliphatic carbocycles. The highest BCUT2D eigenvalue weighted by atomic mass is 32.2. The first-order valence-electron chi connectivity index (χ1n) is 8.31. The van der Waals surface area contributed by atoms with Crippen molar-refractivity contribution in [3.8, 4) is 0 Å². The lowest BCUT2D eigenvalue weighted by atomic mass is 9.99. The van der Waals surface area contributed by atoms with E-state index in [0.29, 0.717) is 12.3 Å². The van der Waals surface area contributed by atoms with E-state index >= 15 is 0 Å². The van der Waals surface area contributed by atoms with Gasteiger partial charge >= 0.3 is 0 Å². The first-order chi connectivity index (χ1) is 12.4. The summed E-state index contributed by atoms with van der Waals surface area (Å²) in [6, 6.07) is 6.84. The lowest BCUT2D eigenvalue weighted by molar-refractivity contribution is -0.128. The minimum Gasteiger partial charge on any atom is -0.345 e. The van der Waals surface area contributed by atoms with Crippen LogP contribution >= 0.6 is 0 Å². The molecule has 138 valence electrons. The van der Waals surface area contributed by atoms with E-state index < -0.39 is 22.0 Å². The summed E-state index contributed by atoms with van der Waals surface area (Å²) in [6.45, 7) is 3.64. The number of hydrogen-bond donors (Lipinski definition) is 3. The molecule has 26 heavy (non-hydrogen) atoms. The number of carbonyl (C=O) groups is 3. The molecule has 1 aromatic carbocycles. The first kappa shape index (κ1) is 18.2. The highest BCUT2D eigenvalue weighted by molar-refractivity contribution is 7.89. The fourth-order valence-electron chi connectivity index (χ4n) is 2.78. The molecule has 1 fully saturated rings. The predicted octanol–water partition coefficient (Wildman–Crippen LogP) is 0.710. The first-order valence-corrected chi connectivity index (χ1v) is 9.73. The Morgan fingerprint density at radius 3 is 2.81 bits per heavy atom. The van der Waals surface area contributed by atoms with E-state index in [9.17, 15) is 14.4 Å². The Bertz CT molecular complexity index is 816. The molecular weight excluding hydrogens is 354 g/mol. The number of nitrogens with zero attached hydrogens (tertiary/aromatic N) is 2. The van der Waals surface area contributed by atoms with Crippen molar-refractivity contribution in [1.82, 2.24) is 10.6 Å². The summed E-state index contributed by atoms with van der Waals surface area (Å²) in [4.78, 5) is 36.6. The van der Waals surface area contributed by atoms with Gasteiger partial charge in [-0.25, -0.2) is 0 Å². The molecule has 3 unspecified atom stereocenters. The highest BCUT2D eigenvalue weighted by Crippen LogP contribution is 2.22. The van der Waals surface area contributed by atoms with Gasteiger partial charge in [-0.2, -0.15) is 5.10 Å². The maximum atomic E-state index is 12.4. The molecule has 2 aliphatic rings. The molecule has 1 saturated heterocycles. The second kappa shape index (κ2) is 7.77. The standard InChI is InChI=1S/C17H21N5O3S/c1-10(2)21-22-26-9-18-17(25)14(26)8-15(23)19-13-7-11-5-3-4-6-12(11)20-16(13)24/h3-6,13-14H,7-9H2,1-2H3,(H,18,25)(H,19,23)(H,20,24). The van der Waals surface area contributed by atoms with Gasteiger partial charge in [0.2, 0.25) is 17.7 Å². The molecule has 3 amide bonds. The molecule has 0 radical (unpaired) electrons. The SMILES string of the molecule is CC(C)=N/N=S1\CNC(=O)C1CC(=O)NC1Cc2ccccc2NC1=O. The second-order valence-corrected chi connectivity index (χ2v) is 8.20. The monoisotopic (exact) mass is 375 g/mol. The van der Waals surface area contributed by atoms with Gasteiger partial charge in [-0.3, -0.25) is 14.4 Å². The van der Waals surface area contributed by atoms with Crippen LogP contribution < -0.4 is 16.0 Å². The van der Waals surface area contributed by atoms with E-state index in [1.807, 2.05) is 38.1 Å². The number of anilines is 1. The number of amides is 3. The average molecular weight is 375 g/mol. The number of nitrogens with one attached hydrogen (secondary N) is 3. The molecule has 0 bridgehead atoms. The zero-order valence-corrected chi connectivity index (χ0v) is 15.4. The molecule has 3 atom stereocenters. The molecule has 2 aliphatic heterocycles. The van der Waals surface area contributed by atoms with Crippen molar-refractivity contribution in [2.24, 2.45) is 9.57 Å². The molecule has 0 spiro atoms. The summed E-state index contributed by atoms with van der Waals surface area (Å²) < 4.78 is 4.17. The van der Waals surface area contributed by atoms with Crippen LogP contribution in [-0.2, 0) is 31.5 Å². The van der Waals surface area contributed by atoms with Crippen LogP contribution in [0.1, 0.15) is 25.8 Å². The highest BCUT2D eigenvalue weighted by Gasteiger charge is 2.34. The summed E-state index contributed by atoms with van der Waals surface area (Å²) in [5, 5.41) is 11.7. The van der Waals surface area contributed by atoms with Crippen LogP contribution in [0.5, 0.6) is 0 Å². The van der Waals surface area contributed by atoms with Gasteiger partial charge in [-0.15, -0.1) is 4.47 Å². The quantitative estimate of drug-likeness (QED) is 0.532. The van der Waals surface area contributed by atoms with E-state index in [2.05, 4.69) is 25.5 Å². The molecule has 0 aromatic heterocycles. The Morgan fingerprint density at radius 2 is 2.04 bits per heavy atom. The van der Waals surface area contributed by atoms with Gasteiger partial charge in [0.1, 0.15) is 11.3 Å². The van der Waals surface area contributed by atoms with Gasteiger partial charge < -0.3 is 16.0 Å². The summed E-state index contributed by atoms with van der Waals surface area (Å²) >= 11 is 0. The smallest absolute Gasteiger partial charge is 0.247 e. The molecule has 2 heterocycles. The zero-order valence-electron chi connectivity index (χ0n) is 14.6.